The lowest BCUT2D eigenvalue weighted by Gasteiger charge is -2.24. The van der Waals surface area contributed by atoms with E-state index in [1.807, 2.05) is 0 Å². The molecular weight excluding hydrogens is 198 g/mol. The van der Waals surface area contributed by atoms with Gasteiger partial charge in [-0.25, -0.2) is 4.79 Å². The van der Waals surface area contributed by atoms with E-state index in [-0.39, 0.29) is 5.69 Å². The molecule has 0 bridgehead atoms. The minimum absolute atomic E-state index is 0.260. The lowest BCUT2D eigenvalue weighted by Crippen LogP contribution is -2.39. The lowest BCUT2D eigenvalue weighted by atomic mass is 10.1. The van der Waals surface area contributed by atoms with Gasteiger partial charge in [0.15, 0.2) is 0 Å². The second kappa shape index (κ2) is 3.26. The molecule has 7 nitrogen and oxygen atoms in total. The number of H-pyrrole nitrogens is 1. The standard InChI is InChI=1S/C8H11N5O2/c9-7(14)6-4-3-13(8(10)15)2-1-5(4)11-12-6/h1-3H2,(H2,9,14)(H2,10,15)(H,11,12). The molecule has 0 atom stereocenters. The van der Waals surface area contributed by atoms with Crippen molar-refractivity contribution < 1.29 is 9.59 Å². The molecular formula is C8H11N5O2. The van der Waals surface area contributed by atoms with Crippen LogP contribution in [0.5, 0.6) is 0 Å². The summed E-state index contributed by atoms with van der Waals surface area (Å²) >= 11 is 0. The van der Waals surface area contributed by atoms with Crippen LogP contribution < -0.4 is 11.5 Å². The number of nitrogens with two attached hydrogens (primary N) is 2. The molecule has 80 valence electrons. The third-order valence-corrected chi connectivity index (χ3v) is 2.48. The van der Waals surface area contributed by atoms with Crippen LogP contribution in [0, 0.1) is 0 Å². The molecule has 1 aliphatic heterocycles. The fraction of sp³-hybridized carbons (Fsp3) is 0.375. The number of nitrogens with zero attached hydrogens (tertiary/aromatic N) is 2. The summed E-state index contributed by atoms with van der Waals surface area (Å²) in [4.78, 5) is 23.4. The average Bonchev–Trinajstić information content (AvgIpc) is 2.59. The Labute approximate surface area is 85.4 Å². The van der Waals surface area contributed by atoms with E-state index < -0.39 is 11.9 Å². The molecule has 0 saturated heterocycles. The summed E-state index contributed by atoms with van der Waals surface area (Å²) in [6.45, 7) is 0.810. The molecule has 3 amide bonds. The maximum atomic E-state index is 11.0. The molecule has 2 heterocycles. The Morgan fingerprint density at radius 3 is 2.73 bits per heavy atom. The van der Waals surface area contributed by atoms with Crippen LogP contribution in [0.3, 0.4) is 0 Å². The molecule has 0 radical (unpaired) electrons. The van der Waals surface area contributed by atoms with Crippen LogP contribution in [0.4, 0.5) is 4.79 Å². The molecule has 1 aliphatic rings. The highest BCUT2D eigenvalue weighted by Gasteiger charge is 2.25. The van der Waals surface area contributed by atoms with Gasteiger partial charge < -0.3 is 16.4 Å². The first-order chi connectivity index (χ1) is 7.09. The van der Waals surface area contributed by atoms with Crippen molar-refractivity contribution in [2.24, 2.45) is 11.5 Å². The number of aromatic nitrogens is 2. The first kappa shape index (κ1) is 9.50. The first-order valence-electron chi connectivity index (χ1n) is 4.50. The Morgan fingerprint density at radius 1 is 1.40 bits per heavy atom. The van der Waals surface area contributed by atoms with E-state index in [4.69, 9.17) is 11.5 Å². The van der Waals surface area contributed by atoms with Crippen molar-refractivity contribution in [1.29, 1.82) is 0 Å². The molecule has 7 heteroatoms. The molecule has 0 spiro atoms. The molecule has 1 aromatic rings. The molecule has 2 rings (SSSR count). The van der Waals surface area contributed by atoms with Gasteiger partial charge in [0.05, 0.1) is 12.2 Å². The maximum absolute atomic E-state index is 11.0. The topological polar surface area (TPSA) is 118 Å². The van der Waals surface area contributed by atoms with Crippen LogP contribution in [0.25, 0.3) is 0 Å². The Morgan fingerprint density at radius 2 is 2.13 bits per heavy atom. The van der Waals surface area contributed by atoms with Crippen molar-refractivity contribution in [3.63, 3.8) is 0 Å². The van der Waals surface area contributed by atoms with E-state index in [1.54, 1.807) is 0 Å². The molecule has 0 fully saturated rings. The molecule has 5 N–H and O–H groups in total. The summed E-state index contributed by atoms with van der Waals surface area (Å²) in [5.74, 6) is -0.574. The van der Waals surface area contributed by atoms with Gasteiger partial charge in [-0.3, -0.25) is 9.89 Å². The number of primary amides is 2. The summed E-state index contributed by atoms with van der Waals surface area (Å²) in [5, 5.41) is 6.54. The number of urea groups is 1. The molecule has 0 unspecified atom stereocenters. The fourth-order valence-corrected chi connectivity index (χ4v) is 1.68. The van der Waals surface area contributed by atoms with Crippen molar-refractivity contribution in [1.82, 2.24) is 15.1 Å². The minimum atomic E-state index is -0.574. The number of fused-ring (bicyclic) bond motifs is 1. The third-order valence-electron chi connectivity index (χ3n) is 2.48. The predicted octanol–water partition coefficient (Wildman–Crippen LogP) is -1.05. The predicted molar refractivity (Wildman–Crippen MR) is 50.8 cm³/mol. The minimum Gasteiger partial charge on any atom is -0.364 e. The highest BCUT2D eigenvalue weighted by atomic mass is 16.2. The summed E-state index contributed by atoms with van der Waals surface area (Å²) in [6, 6.07) is -0.503. The smallest absolute Gasteiger partial charge is 0.315 e. The number of carbonyl (C=O) groups is 2. The monoisotopic (exact) mass is 209 g/mol. The summed E-state index contributed by atoms with van der Waals surface area (Å²) < 4.78 is 0. The average molecular weight is 209 g/mol. The molecule has 1 aromatic heterocycles. The van der Waals surface area contributed by atoms with Gasteiger partial charge in [0.1, 0.15) is 5.69 Å². The number of nitrogens with one attached hydrogen (secondary N) is 1. The molecule has 0 saturated carbocycles. The van der Waals surface area contributed by atoms with Crippen LogP contribution in [0.15, 0.2) is 0 Å². The normalized spacial score (nSPS) is 14.8. The lowest BCUT2D eigenvalue weighted by molar-refractivity contribution is 0.0993. The van der Waals surface area contributed by atoms with Crippen LogP contribution in [-0.4, -0.2) is 33.6 Å². The zero-order valence-electron chi connectivity index (χ0n) is 7.99. The van der Waals surface area contributed by atoms with Crippen molar-refractivity contribution in [2.75, 3.05) is 6.54 Å². The Kier molecular flexibility index (Phi) is 2.07. The quantitative estimate of drug-likeness (QED) is 0.547. The molecule has 0 aromatic carbocycles. The highest BCUT2D eigenvalue weighted by Crippen LogP contribution is 2.19. The molecule has 0 aliphatic carbocycles. The van der Waals surface area contributed by atoms with E-state index in [0.29, 0.717) is 25.1 Å². The molecule has 15 heavy (non-hydrogen) atoms. The zero-order chi connectivity index (χ0) is 11.0. The van der Waals surface area contributed by atoms with Crippen LogP contribution in [0.1, 0.15) is 21.7 Å². The van der Waals surface area contributed by atoms with E-state index >= 15 is 0 Å². The van der Waals surface area contributed by atoms with Crippen molar-refractivity contribution in [3.05, 3.63) is 17.0 Å². The second-order valence-corrected chi connectivity index (χ2v) is 3.40. The highest BCUT2D eigenvalue weighted by molar-refractivity contribution is 5.92. The maximum Gasteiger partial charge on any atom is 0.315 e. The Bertz CT molecular complexity index is 425. The van der Waals surface area contributed by atoms with Gasteiger partial charge in [0.25, 0.3) is 5.91 Å². The first-order valence-corrected chi connectivity index (χ1v) is 4.50. The van der Waals surface area contributed by atoms with Crippen molar-refractivity contribution in [2.45, 2.75) is 13.0 Å². The van der Waals surface area contributed by atoms with Gasteiger partial charge in [-0.2, -0.15) is 5.10 Å². The van der Waals surface area contributed by atoms with Gasteiger partial charge in [-0.1, -0.05) is 0 Å². The van der Waals surface area contributed by atoms with Gasteiger partial charge in [0, 0.05) is 18.5 Å². The summed E-state index contributed by atoms with van der Waals surface area (Å²) in [6.07, 6.45) is 0.585. The zero-order valence-corrected chi connectivity index (χ0v) is 7.99. The number of rotatable bonds is 1. The summed E-state index contributed by atoms with van der Waals surface area (Å²) in [5.41, 5.74) is 12.0. The van der Waals surface area contributed by atoms with E-state index in [0.717, 1.165) is 5.69 Å². The fourth-order valence-electron chi connectivity index (χ4n) is 1.68. The van der Waals surface area contributed by atoms with Crippen molar-refractivity contribution >= 4 is 11.9 Å². The summed E-state index contributed by atoms with van der Waals surface area (Å²) in [7, 11) is 0. The van der Waals surface area contributed by atoms with Gasteiger partial charge in [-0.05, 0) is 0 Å². The number of amides is 3. The number of hydrogen-bond acceptors (Lipinski definition) is 3. The second-order valence-electron chi connectivity index (χ2n) is 3.40. The van der Waals surface area contributed by atoms with Crippen LogP contribution in [-0.2, 0) is 13.0 Å². The van der Waals surface area contributed by atoms with E-state index in [9.17, 15) is 9.59 Å². The third kappa shape index (κ3) is 1.51. The van der Waals surface area contributed by atoms with Crippen molar-refractivity contribution in [3.8, 4) is 0 Å². The van der Waals surface area contributed by atoms with E-state index in [1.165, 1.54) is 4.90 Å². The van der Waals surface area contributed by atoms with E-state index in [2.05, 4.69) is 10.2 Å². The number of aromatic amines is 1. The van der Waals surface area contributed by atoms with Gasteiger partial charge in [0.2, 0.25) is 0 Å². The number of hydrogen-bond donors (Lipinski definition) is 3. The van der Waals surface area contributed by atoms with Crippen LogP contribution >= 0.6 is 0 Å². The Hall–Kier alpha value is -2.05. The van der Waals surface area contributed by atoms with Crippen LogP contribution in [0.2, 0.25) is 0 Å². The SMILES string of the molecule is NC(=O)c1[nH]nc2c1CN(C(N)=O)CC2. The van der Waals surface area contributed by atoms with Gasteiger partial charge >= 0.3 is 6.03 Å². The Balaban J connectivity index is 2.34. The van der Waals surface area contributed by atoms with Gasteiger partial charge in [-0.15, -0.1) is 0 Å². The number of carbonyl (C=O) groups excluding carboxylic acids is 2. The largest absolute Gasteiger partial charge is 0.364 e.